The molecule has 160 valence electrons. The first-order valence-electron chi connectivity index (χ1n) is 9.58. The van der Waals surface area contributed by atoms with E-state index in [0.29, 0.717) is 12.1 Å². The van der Waals surface area contributed by atoms with Gasteiger partial charge < -0.3 is 19.6 Å². The van der Waals surface area contributed by atoms with Crippen molar-refractivity contribution < 1.29 is 29.1 Å². The normalized spacial score (nSPS) is 17.0. The van der Waals surface area contributed by atoms with Gasteiger partial charge in [0.2, 0.25) is 5.91 Å². The van der Waals surface area contributed by atoms with Crippen LogP contribution in [0.2, 0.25) is 0 Å². The minimum atomic E-state index is -0.632. The number of hydrogen-bond donors (Lipinski definition) is 2. The summed E-state index contributed by atoms with van der Waals surface area (Å²) in [6.07, 6.45) is -0.384. The van der Waals surface area contributed by atoms with Gasteiger partial charge >= 0.3 is 12.1 Å². The summed E-state index contributed by atoms with van der Waals surface area (Å²) in [7, 11) is 0. The number of amides is 2. The number of carbonyl (C=O) groups is 3. The molecule has 1 atom stereocenters. The average Bonchev–Trinajstić information content (AvgIpc) is 2.69. The van der Waals surface area contributed by atoms with Crippen molar-refractivity contribution in [1.29, 1.82) is 0 Å². The Hall–Kier alpha value is -2.65. The highest BCUT2D eigenvalue weighted by Crippen LogP contribution is 2.16. The van der Waals surface area contributed by atoms with E-state index in [1.165, 1.54) is 4.90 Å². The zero-order chi connectivity index (χ0) is 21.4. The second-order valence-corrected chi connectivity index (χ2v) is 7.75. The molecule has 2 amide bonds. The molecule has 0 spiro atoms. The lowest BCUT2D eigenvalue weighted by atomic mass is 10.1. The van der Waals surface area contributed by atoms with Gasteiger partial charge in [0.1, 0.15) is 5.60 Å². The lowest BCUT2D eigenvalue weighted by Gasteiger charge is -2.41. The van der Waals surface area contributed by atoms with Gasteiger partial charge in [0.05, 0.1) is 18.2 Å². The van der Waals surface area contributed by atoms with E-state index < -0.39 is 23.7 Å². The summed E-state index contributed by atoms with van der Waals surface area (Å²) in [6, 6.07) is 8.00. The van der Waals surface area contributed by atoms with Crippen LogP contribution in [0, 0.1) is 0 Å². The van der Waals surface area contributed by atoms with Gasteiger partial charge in [-0.2, -0.15) is 5.48 Å². The summed E-state index contributed by atoms with van der Waals surface area (Å²) >= 11 is 0. The predicted molar refractivity (Wildman–Crippen MR) is 105 cm³/mol. The Labute approximate surface area is 170 Å². The number of nitrogens with zero attached hydrogens (tertiary/aromatic N) is 2. The summed E-state index contributed by atoms with van der Waals surface area (Å²) in [4.78, 5) is 44.5. The van der Waals surface area contributed by atoms with Crippen LogP contribution in [0.25, 0.3) is 0 Å². The number of aliphatic hydroxyl groups excluding tert-OH is 1. The number of nitrogens with one attached hydrogen (secondary N) is 1. The molecular formula is C20H29N3O6. The van der Waals surface area contributed by atoms with Crippen molar-refractivity contribution in [3.63, 3.8) is 0 Å². The highest BCUT2D eigenvalue weighted by Gasteiger charge is 2.34. The molecule has 1 aliphatic heterocycles. The third kappa shape index (κ3) is 7.03. The van der Waals surface area contributed by atoms with E-state index in [0.717, 1.165) is 0 Å². The molecule has 0 radical (unpaired) electrons. The molecule has 0 saturated carbocycles. The van der Waals surface area contributed by atoms with Gasteiger partial charge in [0, 0.05) is 32.6 Å². The maximum atomic E-state index is 12.4. The second-order valence-electron chi connectivity index (χ2n) is 7.75. The molecule has 0 bridgehead atoms. The number of benzene rings is 1. The maximum absolute atomic E-state index is 12.4. The van der Waals surface area contributed by atoms with Crippen molar-refractivity contribution in [2.24, 2.45) is 0 Å². The number of carbonyl (C=O) groups excluding carboxylic acids is 3. The Morgan fingerprint density at radius 3 is 2.48 bits per heavy atom. The Bertz CT molecular complexity index is 704. The fourth-order valence-corrected chi connectivity index (χ4v) is 2.86. The number of rotatable bonds is 6. The standard InChI is InChI=1S/C20H29N3O6/c1-20(2,3)28-19(27)23-12-11-22(13-16(23)14-24)17(25)9-10-21-29-18(26)15-7-5-4-6-8-15/h4-8,16,21,24H,9-14H2,1-3H3. The minimum absolute atomic E-state index is 0.118. The zero-order valence-electron chi connectivity index (χ0n) is 17.1. The quantitative estimate of drug-likeness (QED) is 0.538. The molecule has 1 aromatic rings. The molecular weight excluding hydrogens is 378 g/mol. The van der Waals surface area contributed by atoms with Crippen LogP contribution in [0.4, 0.5) is 4.79 Å². The molecule has 9 heteroatoms. The monoisotopic (exact) mass is 407 g/mol. The summed E-state index contributed by atoms with van der Waals surface area (Å²) in [5, 5.41) is 9.63. The average molecular weight is 407 g/mol. The van der Waals surface area contributed by atoms with Gasteiger partial charge in [-0.05, 0) is 32.9 Å². The van der Waals surface area contributed by atoms with E-state index in [1.54, 1.807) is 56.0 Å². The van der Waals surface area contributed by atoms with Crippen LogP contribution < -0.4 is 5.48 Å². The lowest BCUT2D eigenvalue weighted by Crippen LogP contribution is -2.58. The van der Waals surface area contributed by atoms with Gasteiger partial charge in [-0.25, -0.2) is 9.59 Å². The first-order chi connectivity index (χ1) is 13.7. The largest absolute Gasteiger partial charge is 0.444 e. The number of piperazine rings is 1. The number of aliphatic hydroxyl groups is 1. The molecule has 1 fully saturated rings. The molecule has 1 heterocycles. The summed E-state index contributed by atoms with van der Waals surface area (Å²) < 4.78 is 5.36. The van der Waals surface area contributed by atoms with Crippen molar-refractivity contribution >= 4 is 18.0 Å². The van der Waals surface area contributed by atoms with E-state index in [2.05, 4.69) is 5.48 Å². The van der Waals surface area contributed by atoms with Crippen LogP contribution in [0.15, 0.2) is 30.3 Å². The fourth-order valence-electron chi connectivity index (χ4n) is 2.86. The van der Waals surface area contributed by atoms with E-state index in [4.69, 9.17) is 9.57 Å². The van der Waals surface area contributed by atoms with Crippen molar-refractivity contribution in [2.75, 3.05) is 32.8 Å². The third-order valence-corrected chi connectivity index (χ3v) is 4.29. The van der Waals surface area contributed by atoms with Crippen LogP contribution in [-0.4, -0.2) is 77.3 Å². The van der Waals surface area contributed by atoms with E-state index in [1.807, 2.05) is 0 Å². The molecule has 1 aliphatic rings. The third-order valence-electron chi connectivity index (χ3n) is 4.29. The van der Waals surface area contributed by atoms with Gasteiger partial charge in [-0.3, -0.25) is 9.69 Å². The van der Waals surface area contributed by atoms with Crippen LogP contribution in [0.3, 0.4) is 0 Å². The lowest BCUT2D eigenvalue weighted by molar-refractivity contribution is -0.135. The molecule has 2 N–H and O–H groups in total. The van der Waals surface area contributed by atoms with Gasteiger partial charge in [-0.15, -0.1) is 0 Å². The SMILES string of the molecule is CC(C)(C)OC(=O)N1CCN(C(=O)CCNOC(=O)c2ccccc2)CC1CO. The number of hydrogen-bond acceptors (Lipinski definition) is 7. The topological polar surface area (TPSA) is 108 Å². The first-order valence-corrected chi connectivity index (χ1v) is 9.58. The van der Waals surface area contributed by atoms with Crippen LogP contribution in [0.1, 0.15) is 37.6 Å². The molecule has 1 unspecified atom stereocenters. The smallest absolute Gasteiger partial charge is 0.410 e. The van der Waals surface area contributed by atoms with Crippen molar-refractivity contribution in [1.82, 2.24) is 15.3 Å². The molecule has 2 rings (SSSR count). The Balaban J connectivity index is 1.76. The second kappa shape index (κ2) is 10.2. The first kappa shape index (κ1) is 22.6. The molecule has 29 heavy (non-hydrogen) atoms. The minimum Gasteiger partial charge on any atom is -0.444 e. The molecule has 0 aromatic heterocycles. The van der Waals surface area contributed by atoms with Crippen molar-refractivity contribution in [3.8, 4) is 0 Å². The predicted octanol–water partition coefficient (Wildman–Crippen LogP) is 1.18. The van der Waals surface area contributed by atoms with E-state index in [9.17, 15) is 19.5 Å². The van der Waals surface area contributed by atoms with E-state index >= 15 is 0 Å². The van der Waals surface area contributed by atoms with Gasteiger partial charge in [0.25, 0.3) is 0 Å². The van der Waals surface area contributed by atoms with Crippen LogP contribution >= 0.6 is 0 Å². The molecule has 0 aliphatic carbocycles. The highest BCUT2D eigenvalue weighted by atomic mass is 16.7. The molecule has 1 saturated heterocycles. The summed E-state index contributed by atoms with van der Waals surface area (Å²) in [6.45, 7) is 6.06. The van der Waals surface area contributed by atoms with Crippen LogP contribution in [-0.2, 0) is 14.4 Å². The van der Waals surface area contributed by atoms with Crippen LogP contribution in [0.5, 0.6) is 0 Å². The van der Waals surface area contributed by atoms with E-state index in [-0.39, 0.29) is 38.6 Å². The summed E-state index contributed by atoms with van der Waals surface area (Å²) in [5.74, 6) is -0.681. The summed E-state index contributed by atoms with van der Waals surface area (Å²) in [5.41, 5.74) is 2.28. The maximum Gasteiger partial charge on any atom is 0.410 e. The van der Waals surface area contributed by atoms with Crippen molar-refractivity contribution in [2.45, 2.75) is 38.8 Å². The Morgan fingerprint density at radius 2 is 1.86 bits per heavy atom. The molecule has 1 aromatic carbocycles. The Morgan fingerprint density at radius 1 is 1.17 bits per heavy atom. The van der Waals surface area contributed by atoms with Gasteiger partial charge in [0.15, 0.2) is 0 Å². The molecule has 9 nitrogen and oxygen atoms in total. The number of ether oxygens (including phenoxy) is 1. The fraction of sp³-hybridized carbons (Fsp3) is 0.550. The zero-order valence-corrected chi connectivity index (χ0v) is 17.1. The van der Waals surface area contributed by atoms with Crippen molar-refractivity contribution in [3.05, 3.63) is 35.9 Å². The number of hydroxylamine groups is 1. The van der Waals surface area contributed by atoms with Gasteiger partial charge in [-0.1, -0.05) is 18.2 Å². The highest BCUT2D eigenvalue weighted by molar-refractivity contribution is 5.89. The Kier molecular flexibility index (Phi) is 7.98.